The molecule has 0 amide bonds. The van der Waals surface area contributed by atoms with Crippen LogP contribution < -0.4 is 10.6 Å². The molecule has 7 heteroatoms. The van der Waals surface area contributed by atoms with Gasteiger partial charge in [-0.3, -0.25) is 0 Å². The van der Waals surface area contributed by atoms with Gasteiger partial charge in [0.15, 0.2) is 0 Å². The fourth-order valence-corrected chi connectivity index (χ4v) is 1.86. The van der Waals surface area contributed by atoms with Gasteiger partial charge < -0.3 is 10.6 Å². The minimum atomic E-state index is -0.574. The van der Waals surface area contributed by atoms with Gasteiger partial charge in [0.05, 0.1) is 10.2 Å². The number of nitriles is 1. The molecule has 0 saturated carbocycles. The highest BCUT2D eigenvalue weighted by Gasteiger charge is 2.11. The molecule has 2 rings (SSSR count). The third-order valence-electron chi connectivity index (χ3n) is 2.46. The average molecular weight is 336 g/mol. The number of nitrogens with zero attached hydrogens (tertiary/aromatic N) is 3. The Labute approximate surface area is 124 Å². The zero-order valence-corrected chi connectivity index (χ0v) is 12.2. The van der Waals surface area contributed by atoms with E-state index in [4.69, 9.17) is 5.26 Å². The Morgan fingerprint density at radius 1 is 1.45 bits per heavy atom. The molecule has 1 aromatic carbocycles. The van der Waals surface area contributed by atoms with E-state index in [1.54, 1.807) is 12.3 Å². The normalized spacial score (nSPS) is 9.90. The van der Waals surface area contributed by atoms with Gasteiger partial charge in [0, 0.05) is 12.7 Å². The third-order valence-corrected chi connectivity index (χ3v) is 3.04. The second kappa shape index (κ2) is 6.30. The summed E-state index contributed by atoms with van der Waals surface area (Å²) in [6.45, 7) is 2.61. The molecule has 1 aromatic heterocycles. The van der Waals surface area contributed by atoms with Gasteiger partial charge in [-0.2, -0.15) is 10.2 Å². The summed E-state index contributed by atoms with van der Waals surface area (Å²) < 4.78 is 14.2. The maximum absolute atomic E-state index is 13.5. The molecule has 0 aliphatic carbocycles. The van der Waals surface area contributed by atoms with Gasteiger partial charge in [-0.1, -0.05) is 6.07 Å². The maximum Gasteiger partial charge on any atom is 0.224 e. The topological polar surface area (TPSA) is 73.6 Å². The van der Waals surface area contributed by atoms with Crippen LogP contribution in [0.4, 0.5) is 21.8 Å². The van der Waals surface area contributed by atoms with Crippen molar-refractivity contribution in [3.63, 3.8) is 0 Å². The van der Waals surface area contributed by atoms with Crippen molar-refractivity contribution in [3.8, 4) is 6.07 Å². The summed E-state index contributed by atoms with van der Waals surface area (Å²) >= 11 is 3.31. The first-order valence-electron chi connectivity index (χ1n) is 5.87. The molecule has 0 saturated heterocycles. The van der Waals surface area contributed by atoms with Crippen LogP contribution in [0.5, 0.6) is 0 Å². The Bertz CT molecular complexity index is 668. The van der Waals surface area contributed by atoms with Crippen molar-refractivity contribution in [2.24, 2.45) is 0 Å². The van der Waals surface area contributed by atoms with Crippen molar-refractivity contribution in [1.29, 1.82) is 5.26 Å². The van der Waals surface area contributed by atoms with Crippen LogP contribution in [0.1, 0.15) is 12.5 Å². The number of anilines is 3. The Morgan fingerprint density at radius 2 is 2.25 bits per heavy atom. The molecule has 2 aromatic rings. The van der Waals surface area contributed by atoms with Crippen LogP contribution in [0.2, 0.25) is 0 Å². The Balaban J connectivity index is 2.37. The first kappa shape index (κ1) is 14.2. The van der Waals surface area contributed by atoms with E-state index in [0.29, 0.717) is 28.5 Å². The predicted molar refractivity (Wildman–Crippen MR) is 78.3 cm³/mol. The maximum atomic E-state index is 13.5. The highest BCUT2D eigenvalue weighted by atomic mass is 79.9. The van der Waals surface area contributed by atoms with E-state index in [1.165, 1.54) is 12.1 Å². The van der Waals surface area contributed by atoms with Crippen LogP contribution in [0.15, 0.2) is 28.9 Å². The standard InChI is InChI=1S/C13H11BrFN5/c1-2-17-13-18-7-9(14)12(20-13)19-11-5-3-4-10(15)8(11)6-16/h3-5,7H,2H2,1H3,(H2,17,18,19,20). The molecule has 2 N–H and O–H groups in total. The lowest BCUT2D eigenvalue weighted by molar-refractivity contribution is 0.624. The van der Waals surface area contributed by atoms with Crippen LogP contribution in [-0.4, -0.2) is 16.5 Å². The third kappa shape index (κ3) is 3.03. The lowest BCUT2D eigenvalue weighted by atomic mass is 10.2. The second-order valence-corrected chi connectivity index (χ2v) is 4.67. The van der Waals surface area contributed by atoms with Crippen molar-refractivity contribution in [2.45, 2.75) is 6.92 Å². The van der Waals surface area contributed by atoms with E-state index >= 15 is 0 Å². The molecule has 102 valence electrons. The van der Waals surface area contributed by atoms with Crippen molar-refractivity contribution in [3.05, 3.63) is 40.2 Å². The molecule has 0 atom stereocenters. The lowest BCUT2D eigenvalue weighted by Gasteiger charge is -2.10. The monoisotopic (exact) mass is 335 g/mol. The van der Waals surface area contributed by atoms with Crippen molar-refractivity contribution < 1.29 is 4.39 Å². The molecule has 0 aliphatic heterocycles. The predicted octanol–water partition coefficient (Wildman–Crippen LogP) is 3.43. The first-order chi connectivity index (χ1) is 9.65. The van der Waals surface area contributed by atoms with Gasteiger partial charge in [-0.15, -0.1) is 0 Å². The SMILES string of the molecule is CCNc1ncc(Br)c(Nc2cccc(F)c2C#N)n1. The van der Waals surface area contributed by atoms with E-state index < -0.39 is 5.82 Å². The number of hydrogen-bond donors (Lipinski definition) is 2. The van der Waals surface area contributed by atoms with Gasteiger partial charge in [0.1, 0.15) is 23.3 Å². The molecular weight excluding hydrogens is 325 g/mol. The Hall–Kier alpha value is -2.20. The largest absolute Gasteiger partial charge is 0.354 e. The lowest BCUT2D eigenvalue weighted by Crippen LogP contribution is -2.05. The molecule has 1 heterocycles. The van der Waals surface area contributed by atoms with Gasteiger partial charge >= 0.3 is 0 Å². The van der Waals surface area contributed by atoms with Crippen molar-refractivity contribution in [1.82, 2.24) is 9.97 Å². The van der Waals surface area contributed by atoms with E-state index in [0.717, 1.165) is 0 Å². The van der Waals surface area contributed by atoms with Gasteiger partial charge in [-0.05, 0) is 35.0 Å². The summed E-state index contributed by atoms with van der Waals surface area (Å²) in [6, 6.07) is 6.21. The molecule has 5 nitrogen and oxygen atoms in total. The molecule has 0 unspecified atom stereocenters. The minimum Gasteiger partial charge on any atom is -0.354 e. The van der Waals surface area contributed by atoms with Gasteiger partial charge in [0.25, 0.3) is 0 Å². The summed E-state index contributed by atoms with van der Waals surface area (Å²) in [5.74, 6) is 0.334. The highest BCUT2D eigenvalue weighted by molar-refractivity contribution is 9.10. The summed E-state index contributed by atoms with van der Waals surface area (Å²) in [6.07, 6.45) is 1.58. The summed E-state index contributed by atoms with van der Waals surface area (Å²) in [4.78, 5) is 8.33. The number of nitrogens with one attached hydrogen (secondary N) is 2. The minimum absolute atomic E-state index is 0.0528. The summed E-state index contributed by atoms with van der Waals surface area (Å²) in [5, 5.41) is 14.9. The Kier molecular flexibility index (Phi) is 4.48. The van der Waals surface area contributed by atoms with E-state index in [2.05, 4.69) is 36.5 Å². The molecular formula is C13H11BrFN5. The highest BCUT2D eigenvalue weighted by Crippen LogP contribution is 2.27. The quantitative estimate of drug-likeness (QED) is 0.895. The molecule has 0 aliphatic rings. The Morgan fingerprint density at radius 3 is 2.95 bits per heavy atom. The van der Waals surface area contributed by atoms with E-state index in [1.807, 2.05) is 13.0 Å². The number of halogens is 2. The number of hydrogen-bond acceptors (Lipinski definition) is 5. The van der Waals surface area contributed by atoms with Crippen LogP contribution in [0.3, 0.4) is 0 Å². The zero-order valence-electron chi connectivity index (χ0n) is 10.6. The fourth-order valence-electron chi connectivity index (χ4n) is 1.57. The summed E-state index contributed by atoms with van der Waals surface area (Å²) in [7, 11) is 0. The first-order valence-corrected chi connectivity index (χ1v) is 6.67. The van der Waals surface area contributed by atoms with Crippen LogP contribution in [-0.2, 0) is 0 Å². The van der Waals surface area contributed by atoms with Crippen molar-refractivity contribution in [2.75, 3.05) is 17.2 Å². The average Bonchev–Trinajstić information content (AvgIpc) is 2.43. The summed E-state index contributed by atoms with van der Waals surface area (Å²) in [5.41, 5.74) is 0.303. The van der Waals surface area contributed by atoms with Crippen LogP contribution >= 0.6 is 15.9 Å². The molecule has 20 heavy (non-hydrogen) atoms. The van der Waals surface area contributed by atoms with E-state index in [-0.39, 0.29) is 5.56 Å². The smallest absolute Gasteiger partial charge is 0.224 e. The van der Waals surface area contributed by atoms with Gasteiger partial charge in [0.2, 0.25) is 5.95 Å². The molecule has 0 spiro atoms. The number of aromatic nitrogens is 2. The molecule has 0 fully saturated rings. The van der Waals surface area contributed by atoms with Crippen LogP contribution in [0, 0.1) is 17.1 Å². The van der Waals surface area contributed by atoms with Crippen molar-refractivity contribution >= 4 is 33.4 Å². The second-order valence-electron chi connectivity index (χ2n) is 3.82. The fraction of sp³-hybridized carbons (Fsp3) is 0.154. The number of benzene rings is 1. The van der Waals surface area contributed by atoms with E-state index in [9.17, 15) is 4.39 Å². The number of rotatable bonds is 4. The van der Waals surface area contributed by atoms with Crippen LogP contribution in [0.25, 0.3) is 0 Å². The zero-order chi connectivity index (χ0) is 14.5. The van der Waals surface area contributed by atoms with Gasteiger partial charge in [-0.25, -0.2) is 9.37 Å². The molecule has 0 radical (unpaired) electrons. The molecule has 0 bridgehead atoms.